The Morgan fingerprint density at radius 2 is 1.76 bits per heavy atom. The molecule has 0 aliphatic heterocycles. The van der Waals surface area contributed by atoms with Crippen LogP contribution in [-0.2, 0) is 13.1 Å². The van der Waals surface area contributed by atoms with Crippen molar-refractivity contribution in [1.82, 2.24) is 15.1 Å². The molecule has 2 heterocycles. The summed E-state index contributed by atoms with van der Waals surface area (Å²) in [7, 11) is 0. The first-order valence-corrected chi connectivity index (χ1v) is 8.10. The van der Waals surface area contributed by atoms with Gasteiger partial charge in [0.2, 0.25) is 0 Å². The molecule has 0 spiro atoms. The zero-order valence-electron chi connectivity index (χ0n) is 13.6. The van der Waals surface area contributed by atoms with E-state index in [1.165, 1.54) is 0 Å². The van der Waals surface area contributed by atoms with Gasteiger partial charge in [-0.25, -0.2) is 0 Å². The monoisotopic (exact) mass is 331 g/mol. The van der Waals surface area contributed by atoms with Crippen LogP contribution in [0, 0.1) is 0 Å². The number of hydrogen-bond acceptors (Lipinski definition) is 3. The number of carbonyl (C=O) groups excluding carboxylic acids is 1. The van der Waals surface area contributed by atoms with E-state index in [0.29, 0.717) is 18.8 Å². The maximum Gasteiger partial charge on any atom is 0.275 e. The summed E-state index contributed by atoms with van der Waals surface area (Å²) < 4.78 is 5.43. The van der Waals surface area contributed by atoms with E-state index >= 15 is 0 Å². The van der Waals surface area contributed by atoms with Crippen LogP contribution in [0.1, 0.15) is 21.8 Å². The normalized spacial score (nSPS) is 10.9. The van der Waals surface area contributed by atoms with Crippen molar-refractivity contribution in [2.24, 2.45) is 0 Å². The molecule has 124 valence electrons. The average molecular weight is 331 g/mol. The van der Waals surface area contributed by atoms with E-state index in [1.807, 2.05) is 66.7 Å². The lowest BCUT2D eigenvalue weighted by atomic mass is 10.1. The second-order valence-corrected chi connectivity index (χ2v) is 5.84. The molecule has 25 heavy (non-hydrogen) atoms. The topological polar surface area (TPSA) is 62.1 Å². The van der Waals surface area contributed by atoms with E-state index in [0.717, 1.165) is 22.2 Å². The number of carbonyl (C=O) groups is 1. The van der Waals surface area contributed by atoms with Crippen molar-refractivity contribution < 1.29 is 9.21 Å². The number of aromatic nitrogens is 2. The highest BCUT2D eigenvalue weighted by Gasteiger charge is 2.22. The van der Waals surface area contributed by atoms with E-state index in [4.69, 9.17) is 4.42 Å². The third-order valence-electron chi connectivity index (χ3n) is 4.10. The predicted molar refractivity (Wildman–Crippen MR) is 94.8 cm³/mol. The van der Waals surface area contributed by atoms with Crippen LogP contribution < -0.4 is 0 Å². The summed E-state index contributed by atoms with van der Waals surface area (Å²) in [6.07, 6.45) is 1.62. The van der Waals surface area contributed by atoms with Crippen molar-refractivity contribution in [2.45, 2.75) is 13.1 Å². The molecule has 5 heteroatoms. The Balaban J connectivity index is 1.67. The van der Waals surface area contributed by atoms with Crippen LogP contribution in [-0.4, -0.2) is 21.0 Å². The van der Waals surface area contributed by atoms with Crippen molar-refractivity contribution in [3.8, 4) is 0 Å². The quantitative estimate of drug-likeness (QED) is 0.601. The van der Waals surface area contributed by atoms with Gasteiger partial charge in [0.25, 0.3) is 5.91 Å². The van der Waals surface area contributed by atoms with Crippen molar-refractivity contribution in [1.29, 1.82) is 0 Å². The van der Waals surface area contributed by atoms with Gasteiger partial charge in [0.1, 0.15) is 5.76 Å². The van der Waals surface area contributed by atoms with Gasteiger partial charge in [-0.2, -0.15) is 5.10 Å². The lowest BCUT2D eigenvalue weighted by Gasteiger charge is -2.21. The summed E-state index contributed by atoms with van der Waals surface area (Å²) in [4.78, 5) is 14.9. The summed E-state index contributed by atoms with van der Waals surface area (Å²) in [5, 5.41) is 7.99. The van der Waals surface area contributed by atoms with Crippen molar-refractivity contribution in [3.05, 3.63) is 90.0 Å². The van der Waals surface area contributed by atoms with Gasteiger partial charge in [0, 0.05) is 11.9 Å². The smallest absolute Gasteiger partial charge is 0.275 e. The maximum absolute atomic E-state index is 13.2. The van der Waals surface area contributed by atoms with Crippen LogP contribution in [0.5, 0.6) is 0 Å². The largest absolute Gasteiger partial charge is 0.467 e. The number of hydrogen-bond donors (Lipinski definition) is 1. The molecule has 4 rings (SSSR count). The highest BCUT2D eigenvalue weighted by Crippen LogP contribution is 2.19. The van der Waals surface area contributed by atoms with Gasteiger partial charge >= 0.3 is 0 Å². The number of para-hydroxylation sites is 1. The van der Waals surface area contributed by atoms with Gasteiger partial charge < -0.3 is 9.32 Å². The van der Waals surface area contributed by atoms with Crippen molar-refractivity contribution >= 4 is 16.8 Å². The summed E-state index contributed by atoms with van der Waals surface area (Å²) >= 11 is 0. The maximum atomic E-state index is 13.2. The Kier molecular flexibility index (Phi) is 4.04. The van der Waals surface area contributed by atoms with Crippen LogP contribution in [0.3, 0.4) is 0 Å². The average Bonchev–Trinajstić information content (AvgIpc) is 3.31. The molecule has 0 unspecified atom stereocenters. The molecule has 5 nitrogen and oxygen atoms in total. The van der Waals surface area contributed by atoms with Crippen LogP contribution >= 0.6 is 0 Å². The van der Waals surface area contributed by atoms with E-state index in [-0.39, 0.29) is 5.91 Å². The molecule has 1 N–H and O–H groups in total. The highest BCUT2D eigenvalue weighted by molar-refractivity contribution is 6.04. The molecule has 0 aliphatic carbocycles. The summed E-state index contributed by atoms with van der Waals surface area (Å²) in [6, 6.07) is 21.2. The SMILES string of the molecule is O=C(c1n[nH]c2ccccc12)N(Cc1ccccc1)Cc1ccco1. The number of nitrogens with one attached hydrogen (secondary N) is 1. The molecular formula is C20H17N3O2. The number of rotatable bonds is 5. The van der Waals surface area contributed by atoms with Crippen LogP contribution in [0.25, 0.3) is 10.9 Å². The first kappa shape index (κ1) is 15.2. The molecule has 0 aliphatic rings. The minimum atomic E-state index is -0.127. The molecule has 0 atom stereocenters. The Labute approximate surface area is 144 Å². The number of aromatic amines is 1. The van der Waals surface area contributed by atoms with Gasteiger partial charge in [-0.05, 0) is 23.8 Å². The Bertz CT molecular complexity index is 975. The van der Waals surface area contributed by atoms with Gasteiger partial charge in [0.05, 0.1) is 18.3 Å². The first-order chi connectivity index (χ1) is 12.3. The summed E-state index contributed by atoms with van der Waals surface area (Å²) in [6.45, 7) is 0.878. The van der Waals surface area contributed by atoms with Gasteiger partial charge in [-0.15, -0.1) is 0 Å². The Morgan fingerprint density at radius 3 is 2.56 bits per heavy atom. The molecule has 2 aromatic heterocycles. The Hall–Kier alpha value is -3.34. The fourth-order valence-electron chi connectivity index (χ4n) is 2.87. The fraction of sp³-hybridized carbons (Fsp3) is 0.100. The van der Waals surface area contributed by atoms with E-state index in [9.17, 15) is 4.79 Å². The molecule has 1 amide bonds. The zero-order valence-corrected chi connectivity index (χ0v) is 13.6. The van der Waals surface area contributed by atoms with Crippen molar-refractivity contribution in [2.75, 3.05) is 0 Å². The minimum absolute atomic E-state index is 0.127. The standard InChI is InChI=1S/C20H17N3O2/c24-20(19-17-10-4-5-11-18(17)21-22-19)23(14-16-9-6-12-25-16)13-15-7-2-1-3-8-15/h1-12H,13-14H2,(H,21,22). The van der Waals surface area contributed by atoms with E-state index in [2.05, 4.69) is 10.2 Å². The number of fused-ring (bicyclic) bond motifs is 1. The number of amides is 1. The number of benzene rings is 2. The molecule has 0 saturated carbocycles. The molecule has 2 aromatic carbocycles. The van der Waals surface area contributed by atoms with Gasteiger partial charge in [-0.1, -0.05) is 48.5 Å². The van der Waals surface area contributed by atoms with E-state index in [1.54, 1.807) is 11.2 Å². The first-order valence-electron chi connectivity index (χ1n) is 8.10. The number of nitrogens with zero attached hydrogens (tertiary/aromatic N) is 2. The van der Waals surface area contributed by atoms with Crippen LogP contribution in [0.15, 0.2) is 77.4 Å². The molecule has 0 fully saturated rings. The fourth-order valence-corrected chi connectivity index (χ4v) is 2.87. The lowest BCUT2D eigenvalue weighted by molar-refractivity contribution is 0.0713. The zero-order chi connectivity index (χ0) is 17.1. The van der Waals surface area contributed by atoms with Crippen LogP contribution in [0.4, 0.5) is 0 Å². The Morgan fingerprint density at radius 1 is 0.960 bits per heavy atom. The summed E-state index contributed by atoms with van der Waals surface area (Å²) in [5.74, 6) is 0.613. The molecule has 4 aromatic rings. The molecule has 0 radical (unpaired) electrons. The molecular weight excluding hydrogens is 314 g/mol. The van der Waals surface area contributed by atoms with E-state index < -0.39 is 0 Å². The lowest BCUT2D eigenvalue weighted by Crippen LogP contribution is -2.30. The van der Waals surface area contributed by atoms with Crippen LogP contribution in [0.2, 0.25) is 0 Å². The molecule has 0 saturated heterocycles. The second kappa shape index (κ2) is 6.65. The molecule has 0 bridgehead atoms. The van der Waals surface area contributed by atoms with Crippen molar-refractivity contribution in [3.63, 3.8) is 0 Å². The highest BCUT2D eigenvalue weighted by atomic mass is 16.3. The number of H-pyrrole nitrogens is 1. The van der Waals surface area contributed by atoms with Gasteiger partial charge in [0.15, 0.2) is 5.69 Å². The minimum Gasteiger partial charge on any atom is -0.467 e. The third-order valence-corrected chi connectivity index (χ3v) is 4.10. The van der Waals surface area contributed by atoms with Gasteiger partial charge in [-0.3, -0.25) is 9.89 Å². The third kappa shape index (κ3) is 3.17. The second-order valence-electron chi connectivity index (χ2n) is 5.84. The predicted octanol–water partition coefficient (Wildman–Crippen LogP) is 4.00. The number of furan rings is 1. The summed E-state index contributed by atoms with van der Waals surface area (Å²) in [5.41, 5.74) is 2.34.